The first kappa shape index (κ1) is 19.0. The van der Waals surface area contributed by atoms with Crippen LogP contribution in [0.4, 0.5) is 13.2 Å². The molecule has 12 heteroatoms. The van der Waals surface area contributed by atoms with Crippen molar-refractivity contribution in [2.75, 3.05) is 14.2 Å². The van der Waals surface area contributed by atoms with E-state index in [9.17, 15) is 36.0 Å². The average Bonchev–Trinajstić information content (AvgIpc) is 2.90. The van der Waals surface area contributed by atoms with Gasteiger partial charge in [-0.2, -0.15) is 21.6 Å². The fraction of sp³-hybridized carbons (Fsp3) is 0.462. The van der Waals surface area contributed by atoms with Crippen molar-refractivity contribution in [2.45, 2.75) is 24.8 Å². The van der Waals surface area contributed by atoms with Crippen LogP contribution in [0.5, 0.6) is 0 Å². The number of halogens is 3. The Morgan fingerprint density at radius 1 is 1.28 bits per heavy atom. The number of nitrogens with zero attached hydrogens (tertiary/aromatic N) is 1. The number of methoxy groups -OCH3 is 2. The number of aryl methyl sites for hydroxylation is 1. The number of carbonyl (C=O) groups excluding carboxylic acids is 3. The lowest BCUT2D eigenvalue weighted by molar-refractivity contribution is -0.140. The quantitative estimate of drug-likeness (QED) is 0.503. The van der Waals surface area contributed by atoms with Gasteiger partial charge in [0.1, 0.15) is 7.06 Å². The molecule has 0 aliphatic heterocycles. The molecule has 1 aromatic heterocycles. The first-order valence-electron chi connectivity index (χ1n) is 7.06. The van der Waals surface area contributed by atoms with Crippen LogP contribution in [0.25, 0.3) is 0 Å². The molecule has 25 heavy (non-hydrogen) atoms. The first-order chi connectivity index (χ1) is 11.9. The van der Waals surface area contributed by atoms with E-state index in [1.165, 1.54) is 0 Å². The molecular formula is C13H14F3NO7S. The number of carbonyl (C=O) groups is 3. The highest BCUT2D eigenvalue weighted by molar-refractivity contribution is 7.90. The van der Waals surface area contributed by atoms with E-state index in [-0.39, 0.29) is 18.4 Å². The lowest BCUT2D eigenvalue weighted by Gasteiger charge is -2.10. The molecule has 1 heterocycles. The molecule has 0 amide bonds. The average molecular weight is 387 g/mol. The largest absolute Gasteiger partial charge is 0.517 e. The van der Waals surface area contributed by atoms with Crippen molar-refractivity contribution in [1.82, 2.24) is 3.97 Å². The monoisotopic (exact) mass is 387 g/mol. The second-order valence-electron chi connectivity index (χ2n) is 4.66. The zero-order valence-electron chi connectivity index (χ0n) is 14.0. The fourth-order valence-corrected chi connectivity index (χ4v) is 2.82. The SMILES string of the molecule is [3H]C(=O)c1c(CC(=O)OC)c(CCC(=O)OC)cn1S(=O)(=O)C(F)(F)F. The third-order valence-corrected chi connectivity index (χ3v) is 4.58. The van der Waals surface area contributed by atoms with Crippen LogP contribution < -0.4 is 0 Å². The highest BCUT2D eigenvalue weighted by Crippen LogP contribution is 2.30. The molecule has 0 bridgehead atoms. The number of ether oxygens (including phenoxy) is 2. The van der Waals surface area contributed by atoms with E-state index >= 15 is 0 Å². The molecule has 0 unspecified atom stereocenters. The zero-order valence-corrected chi connectivity index (χ0v) is 13.9. The smallest absolute Gasteiger partial charge is 0.469 e. The van der Waals surface area contributed by atoms with Gasteiger partial charge in [0.15, 0.2) is 6.26 Å². The van der Waals surface area contributed by atoms with Crippen molar-refractivity contribution in [3.8, 4) is 0 Å². The third-order valence-electron chi connectivity index (χ3n) is 3.19. The topological polar surface area (TPSA) is 109 Å². The minimum Gasteiger partial charge on any atom is -0.469 e. The normalized spacial score (nSPS) is 12.4. The van der Waals surface area contributed by atoms with Crippen molar-refractivity contribution >= 4 is 28.2 Å². The summed E-state index contributed by atoms with van der Waals surface area (Å²) in [7, 11) is -3.99. The summed E-state index contributed by atoms with van der Waals surface area (Å²) in [5, 5.41) is 0. The molecule has 0 N–H and O–H groups in total. The molecule has 140 valence electrons. The van der Waals surface area contributed by atoms with Crippen molar-refractivity contribution in [3.63, 3.8) is 0 Å². The molecule has 0 atom stereocenters. The minimum atomic E-state index is -6.03. The van der Waals surface area contributed by atoms with E-state index < -0.39 is 55.4 Å². The fourth-order valence-electron chi connectivity index (χ4n) is 1.94. The van der Waals surface area contributed by atoms with Gasteiger partial charge in [-0.15, -0.1) is 0 Å². The maximum absolute atomic E-state index is 12.9. The van der Waals surface area contributed by atoms with Gasteiger partial charge in [-0.1, -0.05) is 0 Å². The Bertz CT molecular complexity index is 830. The van der Waals surface area contributed by atoms with Gasteiger partial charge in [0.05, 0.1) is 20.6 Å². The van der Waals surface area contributed by atoms with Crippen LogP contribution in [0.2, 0.25) is 0 Å². The lowest BCUT2D eigenvalue weighted by Crippen LogP contribution is -2.30. The van der Waals surface area contributed by atoms with Gasteiger partial charge in [0.25, 0.3) is 0 Å². The summed E-state index contributed by atoms with van der Waals surface area (Å²) in [6, 6.07) is 0. The van der Waals surface area contributed by atoms with E-state index in [4.69, 9.17) is 1.37 Å². The van der Waals surface area contributed by atoms with Crippen molar-refractivity contribution in [1.29, 1.82) is 0 Å². The lowest BCUT2D eigenvalue weighted by atomic mass is 10.0. The van der Waals surface area contributed by atoms with E-state index in [1.807, 2.05) is 0 Å². The standard InChI is InChI=1S/C13H14F3NO7S/c1-23-11(19)4-3-8-6-17(25(21,22)13(14,15)16)10(7-18)9(8)5-12(20)24-2/h6-7H,3-5H2,1-2H3/i7T. The summed E-state index contributed by atoms with van der Waals surface area (Å²) in [5.41, 5.74) is -7.54. The number of hydrogen-bond acceptors (Lipinski definition) is 7. The van der Waals surface area contributed by atoms with Gasteiger partial charge in [-0.25, -0.2) is 3.97 Å². The van der Waals surface area contributed by atoms with E-state index in [2.05, 4.69) is 9.47 Å². The van der Waals surface area contributed by atoms with Crippen molar-refractivity contribution in [2.24, 2.45) is 0 Å². The molecule has 0 spiro atoms. The highest BCUT2D eigenvalue weighted by atomic mass is 32.2. The van der Waals surface area contributed by atoms with Gasteiger partial charge >= 0.3 is 27.5 Å². The van der Waals surface area contributed by atoms with E-state index in [1.54, 1.807) is 0 Å². The Morgan fingerprint density at radius 2 is 1.84 bits per heavy atom. The van der Waals surface area contributed by atoms with Crippen LogP contribution in [0.3, 0.4) is 0 Å². The van der Waals surface area contributed by atoms with Crippen LogP contribution in [0.15, 0.2) is 6.20 Å². The van der Waals surface area contributed by atoms with Crippen LogP contribution in [-0.4, -0.2) is 50.3 Å². The minimum absolute atomic E-state index is 0.204. The second-order valence-corrected chi connectivity index (χ2v) is 6.47. The number of alkyl halides is 3. The summed E-state index contributed by atoms with van der Waals surface area (Å²) in [4.78, 5) is 34.2. The van der Waals surface area contributed by atoms with Crippen molar-refractivity contribution < 1.29 is 46.8 Å². The number of aromatic nitrogens is 1. The molecule has 0 aliphatic rings. The maximum atomic E-state index is 12.9. The molecule has 0 saturated heterocycles. The first-order valence-corrected chi connectivity index (χ1v) is 8.00. The molecule has 1 rings (SSSR count). The third kappa shape index (κ3) is 4.38. The number of aldehydes is 1. The Balaban J connectivity index is 3.63. The Morgan fingerprint density at radius 3 is 2.28 bits per heavy atom. The highest BCUT2D eigenvalue weighted by Gasteiger charge is 2.48. The Labute approximate surface area is 142 Å². The zero-order chi connectivity index (χ0) is 20.3. The molecule has 0 radical (unpaired) electrons. The number of hydrogen-bond donors (Lipinski definition) is 0. The Hall–Kier alpha value is -2.37. The van der Waals surface area contributed by atoms with Gasteiger partial charge in [-0.3, -0.25) is 14.4 Å². The molecule has 0 fully saturated rings. The molecular weight excluding hydrogens is 371 g/mol. The van der Waals surface area contributed by atoms with Crippen LogP contribution in [0, 0.1) is 0 Å². The Kier molecular flexibility index (Phi) is 5.82. The van der Waals surface area contributed by atoms with Gasteiger partial charge < -0.3 is 9.47 Å². The predicted octanol–water partition coefficient (Wildman–Crippen LogP) is 0.819. The van der Waals surface area contributed by atoms with Crippen molar-refractivity contribution in [3.05, 3.63) is 23.0 Å². The summed E-state index contributed by atoms with van der Waals surface area (Å²) in [6.07, 6.45) is -2.72. The van der Waals surface area contributed by atoms with Crippen LogP contribution in [-0.2, 0) is 41.9 Å². The number of rotatable bonds is 7. The van der Waals surface area contributed by atoms with Gasteiger partial charge in [-0.05, 0) is 17.5 Å². The van der Waals surface area contributed by atoms with Crippen LogP contribution in [0.1, 0.15) is 29.4 Å². The van der Waals surface area contributed by atoms with Crippen LogP contribution >= 0.6 is 0 Å². The van der Waals surface area contributed by atoms with E-state index in [0.717, 1.165) is 14.2 Å². The van der Waals surface area contributed by atoms with E-state index in [0.29, 0.717) is 6.20 Å². The van der Waals surface area contributed by atoms with Gasteiger partial charge in [0.2, 0.25) is 0 Å². The summed E-state index contributed by atoms with van der Waals surface area (Å²) >= 11 is 0. The molecule has 8 nitrogen and oxygen atoms in total. The summed E-state index contributed by atoms with van der Waals surface area (Å²) < 4.78 is 77.4. The molecule has 1 aromatic rings. The van der Waals surface area contributed by atoms with Gasteiger partial charge in [0, 0.05) is 12.6 Å². The molecule has 0 saturated carbocycles. The summed E-state index contributed by atoms with van der Waals surface area (Å²) in [6.45, 7) is 0. The predicted molar refractivity (Wildman–Crippen MR) is 76.2 cm³/mol. The second kappa shape index (κ2) is 7.68. The number of esters is 2. The maximum Gasteiger partial charge on any atom is 0.517 e. The summed E-state index contributed by atoms with van der Waals surface area (Å²) in [5.74, 6) is -1.73. The molecule has 0 aromatic carbocycles. The molecule has 0 aliphatic carbocycles.